The third-order valence-corrected chi connectivity index (χ3v) is 4.81. The van der Waals surface area contributed by atoms with E-state index in [0.29, 0.717) is 43.1 Å². The molecular formula is C18H21F2N5O2S. The number of halogens is 2. The first-order valence-electron chi connectivity index (χ1n) is 8.86. The molecule has 28 heavy (non-hydrogen) atoms. The van der Waals surface area contributed by atoms with Crippen molar-refractivity contribution in [3.05, 3.63) is 38.6 Å². The zero-order valence-corrected chi connectivity index (χ0v) is 16.6. The first-order chi connectivity index (χ1) is 13.4. The van der Waals surface area contributed by atoms with Gasteiger partial charge in [0.2, 0.25) is 0 Å². The fraction of sp³-hybridized carbons (Fsp3) is 0.444. The van der Waals surface area contributed by atoms with E-state index in [1.165, 1.54) is 6.07 Å². The van der Waals surface area contributed by atoms with Crippen molar-refractivity contribution in [1.29, 1.82) is 0 Å². The first kappa shape index (κ1) is 20.3. The summed E-state index contributed by atoms with van der Waals surface area (Å²) in [4.78, 5) is 19.4. The predicted octanol–water partition coefficient (Wildman–Crippen LogP) is 3.62. The highest BCUT2D eigenvalue weighted by atomic mass is 32.1. The van der Waals surface area contributed by atoms with Crippen LogP contribution in [-0.4, -0.2) is 38.0 Å². The van der Waals surface area contributed by atoms with Crippen molar-refractivity contribution in [1.82, 2.24) is 24.3 Å². The summed E-state index contributed by atoms with van der Waals surface area (Å²) in [5.41, 5.74) is 0.740. The highest BCUT2D eigenvalue weighted by molar-refractivity contribution is 7.71. The molecule has 0 saturated carbocycles. The van der Waals surface area contributed by atoms with Crippen molar-refractivity contribution >= 4 is 23.3 Å². The number of hydrogen-bond acceptors (Lipinski definition) is 5. The first-order valence-corrected chi connectivity index (χ1v) is 9.27. The molecule has 0 amide bonds. The van der Waals surface area contributed by atoms with Gasteiger partial charge in [-0.3, -0.25) is 14.5 Å². The average molecular weight is 409 g/mol. The minimum atomic E-state index is -2.84. The van der Waals surface area contributed by atoms with Crippen molar-refractivity contribution in [3.8, 4) is 11.3 Å². The number of methoxy groups -OCH3 is 1. The minimum absolute atomic E-state index is 0.138. The van der Waals surface area contributed by atoms with Crippen molar-refractivity contribution in [2.45, 2.75) is 39.8 Å². The van der Waals surface area contributed by atoms with Crippen LogP contribution in [0.25, 0.3) is 22.3 Å². The van der Waals surface area contributed by atoms with Gasteiger partial charge in [0.1, 0.15) is 5.65 Å². The van der Waals surface area contributed by atoms with Crippen LogP contribution in [0, 0.1) is 11.7 Å². The number of aromatic amines is 1. The molecule has 150 valence electrons. The van der Waals surface area contributed by atoms with E-state index in [0.717, 1.165) is 0 Å². The maximum absolute atomic E-state index is 13.8. The monoisotopic (exact) mass is 409 g/mol. The Balaban J connectivity index is 2.33. The molecule has 0 spiro atoms. The van der Waals surface area contributed by atoms with Gasteiger partial charge in [-0.1, -0.05) is 0 Å². The van der Waals surface area contributed by atoms with Gasteiger partial charge in [-0.05, 0) is 38.6 Å². The maximum atomic E-state index is 13.8. The molecule has 10 heteroatoms. The van der Waals surface area contributed by atoms with Gasteiger partial charge in [0.15, 0.2) is 4.77 Å². The van der Waals surface area contributed by atoms with Crippen LogP contribution in [0.1, 0.15) is 31.0 Å². The summed E-state index contributed by atoms with van der Waals surface area (Å²) in [6.07, 6.45) is -0.486. The second-order valence-electron chi connectivity index (χ2n) is 6.34. The number of ether oxygens (including phenoxy) is 1. The highest BCUT2D eigenvalue weighted by Gasteiger charge is 2.21. The van der Waals surface area contributed by atoms with Gasteiger partial charge in [-0.2, -0.15) is 5.10 Å². The smallest absolute Gasteiger partial charge is 0.264 e. The molecule has 0 unspecified atom stereocenters. The molecular weight excluding hydrogens is 388 g/mol. The Bertz CT molecular complexity index is 1120. The number of alkyl halides is 2. The van der Waals surface area contributed by atoms with E-state index in [4.69, 9.17) is 17.0 Å². The Morgan fingerprint density at radius 2 is 2.14 bits per heavy atom. The lowest BCUT2D eigenvalue weighted by atomic mass is 10.1. The van der Waals surface area contributed by atoms with Crippen LogP contribution < -0.4 is 5.56 Å². The number of aromatic nitrogens is 5. The number of fused-ring (bicyclic) bond motifs is 1. The summed E-state index contributed by atoms with van der Waals surface area (Å²) in [6.45, 7) is 5.21. The zero-order chi connectivity index (χ0) is 20.4. The van der Waals surface area contributed by atoms with Crippen molar-refractivity contribution in [3.63, 3.8) is 0 Å². The molecule has 0 saturated heterocycles. The van der Waals surface area contributed by atoms with Gasteiger partial charge >= 0.3 is 0 Å². The molecule has 0 aliphatic heterocycles. The number of pyridine rings is 1. The Morgan fingerprint density at radius 3 is 2.75 bits per heavy atom. The van der Waals surface area contributed by atoms with Gasteiger partial charge < -0.3 is 9.30 Å². The predicted molar refractivity (Wildman–Crippen MR) is 104 cm³/mol. The van der Waals surface area contributed by atoms with Gasteiger partial charge in [0.25, 0.3) is 12.0 Å². The van der Waals surface area contributed by atoms with Crippen LogP contribution in [-0.2, 0) is 17.8 Å². The number of nitrogens with zero attached hydrogens (tertiary/aromatic N) is 4. The summed E-state index contributed by atoms with van der Waals surface area (Å²) in [6, 6.07) is 1.26. The molecule has 3 aromatic rings. The van der Waals surface area contributed by atoms with Crippen molar-refractivity contribution in [2.75, 3.05) is 13.7 Å². The van der Waals surface area contributed by atoms with Crippen molar-refractivity contribution in [2.24, 2.45) is 0 Å². The molecule has 0 aliphatic carbocycles. The average Bonchev–Trinajstić information content (AvgIpc) is 3.04. The maximum Gasteiger partial charge on any atom is 0.264 e. The molecule has 0 atom stereocenters. The molecule has 3 rings (SSSR count). The second kappa shape index (κ2) is 8.27. The van der Waals surface area contributed by atoms with Gasteiger partial charge in [-0.15, -0.1) is 0 Å². The Hall–Kier alpha value is -2.46. The largest absolute Gasteiger partial charge is 0.385 e. The minimum Gasteiger partial charge on any atom is -0.385 e. The van der Waals surface area contributed by atoms with E-state index in [2.05, 4.69) is 15.1 Å². The fourth-order valence-electron chi connectivity index (χ4n) is 3.12. The normalized spacial score (nSPS) is 11.6. The zero-order valence-electron chi connectivity index (χ0n) is 15.8. The van der Waals surface area contributed by atoms with Gasteiger partial charge in [0.05, 0.1) is 16.8 Å². The highest BCUT2D eigenvalue weighted by Crippen LogP contribution is 2.30. The molecule has 1 N–H and O–H groups in total. The molecule has 0 radical (unpaired) electrons. The number of H-pyrrole nitrogens is 1. The summed E-state index contributed by atoms with van der Waals surface area (Å²) in [7, 11) is 1.57. The SMILES string of the molecule is CCn1cc(-c2cc(C(F)F)c3c(=O)[nH]c(=S)n(CCCOC)c3n2)c(C)n1. The summed E-state index contributed by atoms with van der Waals surface area (Å²) in [5, 5.41) is 4.21. The molecule has 0 bridgehead atoms. The van der Waals surface area contributed by atoms with Crippen LogP contribution >= 0.6 is 12.2 Å². The quantitative estimate of drug-likeness (QED) is 0.476. The lowest BCUT2D eigenvalue weighted by Gasteiger charge is -2.14. The van der Waals surface area contributed by atoms with E-state index >= 15 is 0 Å². The Kier molecular flexibility index (Phi) is 5.99. The van der Waals surface area contributed by atoms with Crippen LogP contribution in [0.2, 0.25) is 0 Å². The standard InChI is InChI=1S/C18H21F2N5O2S/c1-4-24-9-12(10(2)23-24)13-8-11(15(19)20)14-16(21-13)25(6-5-7-27-3)18(28)22-17(14)26/h8-9,15H,4-7H2,1-3H3,(H,22,26,28). The van der Waals surface area contributed by atoms with E-state index < -0.39 is 12.0 Å². The van der Waals surface area contributed by atoms with Crippen LogP contribution in [0.4, 0.5) is 8.78 Å². The lowest BCUT2D eigenvalue weighted by Crippen LogP contribution is -2.18. The van der Waals surface area contributed by atoms with Gasteiger partial charge in [0, 0.05) is 44.1 Å². The van der Waals surface area contributed by atoms with E-state index in [1.807, 2.05) is 6.92 Å². The van der Waals surface area contributed by atoms with Crippen LogP contribution in [0.3, 0.4) is 0 Å². The van der Waals surface area contributed by atoms with Crippen molar-refractivity contribution < 1.29 is 13.5 Å². The lowest BCUT2D eigenvalue weighted by molar-refractivity contribution is 0.153. The summed E-state index contributed by atoms with van der Waals surface area (Å²) in [5.74, 6) is 0. The van der Waals surface area contributed by atoms with Crippen LogP contribution in [0.15, 0.2) is 17.1 Å². The summed E-state index contributed by atoms with van der Waals surface area (Å²) < 4.78 is 36.1. The second-order valence-corrected chi connectivity index (χ2v) is 6.72. The molecule has 0 aliphatic rings. The number of hydrogen-bond donors (Lipinski definition) is 1. The Morgan fingerprint density at radius 1 is 1.39 bits per heavy atom. The molecule has 0 aromatic carbocycles. The number of aryl methyl sites for hydroxylation is 3. The fourth-order valence-corrected chi connectivity index (χ4v) is 3.39. The molecule has 3 aromatic heterocycles. The topological polar surface area (TPSA) is 77.7 Å². The van der Waals surface area contributed by atoms with Gasteiger partial charge in [-0.25, -0.2) is 13.8 Å². The van der Waals surface area contributed by atoms with Crippen LogP contribution in [0.5, 0.6) is 0 Å². The van der Waals surface area contributed by atoms with E-state index in [-0.39, 0.29) is 21.4 Å². The molecule has 7 nitrogen and oxygen atoms in total. The number of rotatable bonds is 7. The Labute approximate surface area is 165 Å². The number of nitrogens with one attached hydrogen (secondary N) is 1. The van der Waals surface area contributed by atoms with E-state index in [9.17, 15) is 13.6 Å². The molecule has 3 heterocycles. The third kappa shape index (κ3) is 3.74. The molecule has 0 fully saturated rings. The third-order valence-electron chi connectivity index (χ3n) is 4.49. The van der Waals surface area contributed by atoms with E-state index in [1.54, 1.807) is 29.5 Å². The summed E-state index contributed by atoms with van der Waals surface area (Å²) >= 11 is 5.26.